The summed E-state index contributed by atoms with van der Waals surface area (Å²) < 4.78 is 20.3. The zero-order chi connectivity index (χ0) is 19.5. The number of hydrogen-bond donors (Lipinski definition) is 2. The second kappa shape index (κ2) is 6.05. The Morgan fingerprint density at radius 3 is 2.43 bits per heavy atom. The molecule has 0 spiro atoms. The van der Waals surface area contributed by atoms with Crippen molar-refractivity contribution in [3.05, 3.63) is 100 Å². The molecule has 4 atom stereocenters. The van der Waals surface area contributed by atoms with Crippen molar-refractivity contribution in [2.75, 3.05) is 0 Å². The normalized spacial score (nSPS) is 30.6. The van der Waals surface area contributed by atoms with Gasteiger partial charge < -0.3 is 14.9 Å². The smallest absolute Gasteiger partial charge is 0.176 e. The van der Waals surface area contributed by atoms with Crippen LogP contribution < -0.4 is 4.74 Å². The molecule has 3 aromatic carbocycles. The maximum atomic E-state index is 13.9. The maximum absolute atomic E-state index is 13.9. The highest BCUT2D eigenvalue weighted by atomic mass is 35.5. The lowest BCUT2D eigenvalue weighted by molar-refractivity contribution is -0.149. The number of ether oxygens (including phenoxy) is 1. The van der Waals surface area contributed by atoms with Gasteiger partial charge >= 0.3 is 0 Å². The first-order valence-electron chi connectivity index (χ1n) is 9.17. The fourth-order valence-corrected chi connectivity index (χ4v) is 5.03. The third-order valence-corrected chi connectivity index (χ3v) is 6.35. The van der Waals surface area contributed by atoms with Gasteiger partial charge in [-0.1, -0.05) is 54.1 Å². The predicted molar refractivity (Wildman–Crippen MR) is 104 cm³/mol. The monoisotopic (exact) mass is 396 g/mol. The summed E-state index contributed by atoms with van der Waals surface area (Å²) in [6.07, 6.45) is -0.778. The van der Waals surface area contributed by atoms with Crippen LogP contribution in [0.3, 0.4) is 0 Å². The summed E-state index contributed by atoms with van der Waals surface area (Å²) in [4.78, 5) is 0. The molecule has 28 heavy (non-hydrogen) atoms. The van der Waals surface area contributed by atoms with Crippen LogP contribution in [0.1, 0.15) is 29.0 Å². The molecule has 1 aliphatic carbocycles. The topological polar surface area (TPSA) is 49.7 Å². The summed E-state index contributed by atoms with van der Waals surface area (Å²) >= 11 is 6.08. The first kappa shape index (κ1) is 17.7. The molecule has 1 fully saturated rings. The molecule has 3 nitrogen and oxygen atoms in total. The molecule has 2 N–H and O–H groups in total. The molecule has 2 aliphatic rings. The molecule has 1 heterocycles. The van der Waals surface area contributed by atoms with Gasteiger partial charge in [0.05, 0.1) is 6.10 Å². The van der Waals surface area contributed by atoms with Gasteiger partial charge in [-0.2, -0.15) is 0 Å². The van der Waals surface area contributed by atoms with Crippen molar-refractivity contribution in [2.45, 2.75) is 29.6 Å². The predicted octanol–water partition coefficient (Wildman–Crippen LogP) is 4.50. The molecule has 0 aromatic heterocycles. The number of hydrogen-bond acceptors (Lipinski definition) is 3. The Morgan fingerprint density at radius 1 is 1.00 bits per heavy atom. The van der Waals surface area contributed by atoms with Gasteiger partial charge in [0, 0.05) is 22.6 Å². The third kappa shape index (κ3) is 2.17. The molecule has 0 bridgehead atoms. The van der Waals surface area contributed by atoms with E-state index in [1.54, 1.807) is 24.3 Å². The number of halogens is 2. The average molecular weight is 397 g/mol. The Balaban J connectivity index is 1.80. The Bertz CT molecular complexity index is 1040. The van der Waals surface area contributed by atoms with Crippen LogP contribution in [-0.4, -0.2) is 16.3 Å². The number of aliphatic hydroxyl groups is 2. The molecule has 142 valence electrons. The SMILES string of the molecule is O[C@@H]1C[C@@H](c2ccccc2)[C@]2(c3ccc(Cl)cc3)Oc3cc(F)ccc3[C@]12O. The van der Waals surface area contributed by atoms with Crippen molar-refractivity contribution in [3.63, 3.8) is 0 Å². The van der Waals surface area contributed by atoms with Crippen LogP contribution in [0.2, 0.25) is 5.02 Å². The lowest BCUT2D eigenvalue weighted by atomic mass is 9.71. The minimum atomic E-state index is -1.72. The van der Waals surface area contributed by atoms with Gasteiger partial charge in [0.2, 0.25) is 0 Å². The summed E-state index contributed by atoms with van der Waals surface area (Å²) in [5.41, 5.74) is -1.00. The highest BCUT2D eigenvalue weighted by molar-refractivity contribution is 6.30. The van der Waals surface area contributed by atoms with Gasteiger partial charge in [0.25, 0.3) is 0 Å². The van der Waals surface area contributed by atoms with Crippen LogP contribution in [0.5, 0.6) is 5.75 Å². The first-order valence-corrected chi connectivity index (χ1v) is 9.55. The quantitative estimate of drug-likeness (QED) is 0.670. The summed E-state index contributed by atoms with van der Waals surface area (Å²) in [6.45, 7) is 0. The van der Waals surface area contributed by atoms with Crippen molar-refractivity contribution in [1.82, 2.24) is 0 Å². The lowest BCUT2D eigenvalue weighted by Gasteiger charge is -2.40. The molecule has 1 saturated carbocycles. The van der Waals surface area contributed by atoms with Gasteiger partial charge in [-0.25, -0.2) is 4.39 Å². The number of fused-ring (bicyclic) bond motifs is 3. The van der Waals surface area contributed by atoms with Gasteiger partial charge in [-0.3, -0.25) is 0 Å². The van der Waals surface area contributed by atoms with E-state index in [1.807, 2.05) is 30.3 Å². The highest BCUT2D eigenvalue weighted by Crippen LogP contribution is 2.66. The van der Waals surface area contributed by atoms with Crippen LogP contribution >= 0.6 is 11.6 Å². The van der Waals surface area contributed by atoms with Crippen LogP contribution in [0, 0.1) is 5.82 Å². The average Bonchev–Trinajstić information content (AvgIpc) is 3.09. The molecule has 1 aliphatic heterocycles. The van der Waals surface area contributed by atoms with E-state index in [0.29, 0.717) is 22.6 Å². The van der Waals surface area contributed by atoms with Crippen molar-refractivity contribution in [1.29, 1.82) is 0 Å². The van der Waals surface area contributed by atoms with E-state index >= 15 is 0 Å². The van der Waals surface area contributed by atoms with Gasteiger partial charge in [0.15, 0.2) is 11.2 Å². The fraction of sp³-hybridized carbons (Fsp3) is 0.217. The number of benzene rings is 3. The van der Waals surface area contributed by atoms with E-state index in [0.717, 1.165) is 5.56 Å². The van der Waals surface area contributed by atoms with Gasteiger partial charge in [-0.05, 0) is 41.8 Å². The fourth-order valence-electron chi connectivity index (χ4n) is 4.90. The third-order valence-electron chi connectivity index (χ3n) is 6.10. The summed E-state index contributed by atoms with van der Waals surface area (Å²) in [7, 11) is 0. The van der Waals surface area contributed by atoms with Crippen LogP contribution in [0.4, 0.5) is 4.39 Å². The number of rotatable bonds is 2. The standard InChI is InChI=1S/C23H18ClFO3/c24-16-8-6-15(7-9-16)23-19(14-4-2-1-3-5-14)13-21(26)22(23,27)18-11-10-17(25)12-20(18)28-23/h1-12,19,21,26-27H,13H2/t19-,21+,22-,23-/m0/s1. The Hall–Kier alpha value is -2.40. The first-order chi connectivity index (χ1) is 13.5. The van der Waals surface area contributed by atoms with Crippen LogP contribution in [0.15, 0.2) is 72.8 Å². The van der Waals surface area contributed by atoms with Crippen molar-refractivity contribution < 1.29 is 19.3 Å². The molecule has 3 aromatic rings. The van der Waals surface area contributed by atoms with Crippen molar-refractivity contribution in [2.24, 2.45) is 0 Å². The van der Waals surface area contributed by atoms with Gasteiger partial charge in [0.1, 0.15) is 11.6 Å². The molecule has 5 heteroatoms. The Labute approximate surface area is 167 Å². The summed E-state index contributed by atoms with van der Waals surface area (Å²) in [5.74, 6) is -0.554. The second-order valence-corrected chi connectivity index (χ2v) is 7.90. The van der Waals surface area contributed by atoms with E-state index in [2.05, 4.69) is 0 Å². The zero-order valence-corrected chi connectivity index (χ0v) is 15.6. The van der Waals surface area contributed by atoms with E-state index in [9.17, 15) is 14.6 Å². The Kier molecular flexibility index (Phi) is 3.82. The molecule has 5 rings (SSSR count). The van der Waals surface area contributed by atoms with Crippen molar-refractivity contribution in [3.8, 4) is 5.75 Å². The van der Waals surface area contributed by atoms with Crippen LogP contribution in [0.25, 0.3) is 0 Å². The minimum Gasteiger partial charge on any atom is -0.478 e. The van der Waals surface area contributed by atoms with Crippen LogP contribution in [-0.2, 0) is 11.2 Å². The molecule has 0 amide bonds. The highest BCUT2D eigenvalue weighted by Gasteiger charge is 2.72. The maximum Gasteiger partial charge on any atom is 0.176 e. The molecule has 0 radical (unpaired) electrons. The van der Waals surface area contributed by atoms with E-state index in [1.165, 1.54) is 18.2 Å². The van der Waals surface area contributed by atoms with E-state index < -0.39 is 23.1 Å². The van der Waals surface area contributed by atoms with E-state index in [-0.39, 0.29) is 11.7 Å². The molecular formula is C23H18ClFO3. The molecule has 0 saturated heterocycles. The number of aliphatic hydroxyl groups excluding tert-OH is 1. The summed E-state index contributed by atoms with van der Waals surface area (Å²) in [6, 6.07) is 20.7. The molecular weight excluding hydrogens is 379 g/mol. The van der Waals surface area contributed by atoms with Crippen molar-refractivity contribution >= 4 is 11.6 Å². The van der Waals surface area contributed by atoms with Gasteiger partial charge in [-0.15, -0.1) is 0 Å². The van der Waals surface area contributed by atoms with E-state index in [4.69, 9.17) is 16.3 Å². The Morgan fingerprint density at radius 2 is 1.71 bits per heavy atom. The molecule has 0 unspecified atom stereocenters. The lowest BCUT2D eigenvalue weighted by Crippen LogP contribution is -2.51. The zero-order valence-electron chi connectivity index (χ0n) is 14.8. The minimum absolute atomic E-state index is 0.247. The summed E-state index contributed by atoms with van der Waals surface area (Å²) in [5, 5.41) is 23.5. The second-order valence-electron chi connectivity index (χ2n) is 7.47. The largest absolute Gasteiger partial charge is 0.478 e.